The number of esters is 1. The molecule has 0 bridgehead atoms. The average molecular weight is 357 g/mol. The molecule has 0 saturated carbocycles. The van der Waals surface area contributed by atoms with Crippen molar-refractivity contribution in [2.75, 3.05) is 20.3 Å². The molecule has 0 aliphatic heterocycles. The highest BCUT2D eigenvalue weighted by atomic mass is 16.6. The van der Waals surface area contributed by atoms with Gasteiger partial charge in [0.2, 0.25) is 0 Å². The lowest BCUT2D eigenvalue weighted by atomic mass is 10.1. The van der Waals surface area contributed by atoms with Crippen LogP contribution in [0.4, 0.5) is 0 Å². The quantitative estimate of drug-likeness (QED) is 0.209. The van der Waals surface area contributed by atoms with Gasteiger partial charge in [-0.3, -0.25) is 4.79 Å². The predicted octanol–water partition coefficient (Wildman–Crippen LogP) is 5.18. The minimum Gasteiger partial charge on any atom is -0.463 e. The number of hydrogen-bond acceptors (Lipinski definition) is 4. The number of rotatable bonds is 18. The maximum atomic E-state index is 11.4. The van der Waals surface area contributed by atoms with Crippen molar-refractivity contribution in [3.8, 4) is 0 Å². The smallest absolute Gasteiger partial charge is 0.305 e. The molecule has 0 radical (unpaired) electrons. The first kappa shape index (κ1) is 24.1. The summed E-state index contributed by atoms with van der Waals surface area (Å²) < 4.78 is 9.85. The van der Waals surface area contributed by atoms with Crippen LogP contribution in [0.3, 0.4) is 0 Å². The number of ether oxygens (including phenoxy) is 2. The second-order valence-electron chi connectivity index (χ2n) is 6.73. The molecule has 4 heteroatoms. The van der Waals surface area contributed by atoms with Crippen molar-refractivity contribution >= 4 is 5.97 Å². The van der Waals surface area contributed by atoms with Gasteiger partial charge >= 0.3 is 5.97 Å². The summed E-state index contributed by atoms with van der Waals surface area (Å²) in [4.78, 5) is 11.4. The summed E-state index contributed by atoms with van der Waals surface area (Å²) in [5.74, 6) is -0.117. The van der Waals surface area contributed by atoms with Gasteiger partial charge in [-0.25, -0.2) is 0 Å². The zero-order valence-electron chi connectivity index (χ0n) is 16.5. The fraction of sp³-hybridized carbons (Fsp3) is 0.857. The standard InChI is InChI=1S/C21H40O4/c1-3-4-5-12-15-20(22)16-13-10-8-6-7-9-11-14-17-21(23)25-19-18-24-2/h10,13,20,22H,3-9,11-12,14-19H2,1-2H3/b13-10-/t20-/m1/s1. The number of aliphatic hydroxyl groups is 1. The molecule has 0 rings (SSSR count). The number of aliphatic hydroxyl groups excluding tert-OH is 1. The predicted molar refractivity (Wildman–Crippen MR) is 104 cm³/mol. The molecule has 1 atom stereocenters. The zero-order valence-corrected chi connectivity index (χ0v) is 16.5. The summed E-state index contributed by atoms with van der Waals surface area (Å²) in [6.07, 6.45) is 17.9. The lowest BCUT2D eigenvalue weighted by molar-refractivity contribution is -0.145. The van der Waals surface area contributed by atoms with Crippen LogP contribution >= 0.6 is 0 Å². The Morgan fingerprint density at radius 3 is 2.44 bits per heavy atom. The molecule has 0 fully saturated rings. The van der Waals surface area contributed by atoms with E-state index in [-0.39, 0.29) is 12.1 Å². The van der Waals surface area contributed by atoms with Crippen LogP contribution in [0.2, 0.25) is 0 Å². The van der Waals surface area contributed by atoms with Gasteiger partial charge in [-0.15, -0.1) is 0 Å². The van der Waals surface area contributed by atoms with Crippen molar-refractivity contribution in [3.63, 3.8) is 0 Å². The Bertz CT molecular complexity index is 315. The van der Waals surface area contributed by atoms with E-state index in [0.29, 0.717) is 19.6 Å². The molecular formula is C21H40O4. The number of unbranched alkanes of at least 4 members (excludes halogenated alkanes) is 8. The van der Waals surface area contributed by atoms with E-state index in [4.69, 9.17) is 9.47 Å². The maximum absolute atomic E-state index is 11.4. The van der Waals surface area contributed by atoms with Crippen LogP contribution in [-0.4, -0.2) is 37.5 Å². The lowest BCUT2D eigenvalue weighted by Crippen LogP contribution is -2.09. The van der Waals surface area contributed by atoms with Crippen molar-refractivity contribution in [1.29, 1.82) is 0 Å². The Hall–Kier alpha value is -0.870. The Morgan fingerprint density at radius 2 is 1.68 bits per heavy atom. The summed E-state index contributed by atoms with van der Waals surface area (Å²) in [5, 5.41) is 9.87. The molecule has 0 aromatic heterocycles. The third-order valence-corrected chi connectivity index (χ3v) is 4.27. The van der Waals surface area contributed by atoms with E-state index in [1.807, 2.05) is 0 Å². The summed E-state index contributed by atoms with van der Waals surface area (Å²) in [7, 11) is 1.60. The molecule has 0 heterocycles. The maximum Gasteiger partial charge on any atom is 0.305 e. The van der Waals surface area contributed by atoms with Gasteiger partial charge in [0.25, 0.3) is 0 Å². The van der Waals surface area contributed by atoms with E-state index in [1.54, 1.807) is 7.11 Å². The topological polar surface area (TPSA) is 55.8 Å². The molecule has 25 heavy (non-hydrogen) atoms. The zero-order chi connectivity index (χ0) is 18.6. The molecule has 0 aromatic carbocycles. The molecule has 0 spiro atoms. The SMILES string of the molecule is CCCCCC[C@@H](O)C/C=C\CCCCCCCC(=O)OCCOC. The second-order valence-corrected chi connectivity index (χ2v) is 6.73. The normalized spacial score (nSPS) is 12.6. The van der Waals surface area contributed by atoms with Gasteiger partial charge in [-0.05, 0) is 32.1 Å². The molecule has 1 N–H and O–H groups in total. The third kappa shape index (κ3) is 19.3. The summed E-state index contributed by atoms with van der Waals surface area (Å²) in [6.45, 7) is 3.03. The highest BCUT2D eigenvalue weighted by Gasteiger charge is 2.02. The van der Waals surface area contributed by atoms with Gasteiger partial charge in [0.05, 0.1) is 12.7 Å². The van der Waals surface area contributed by atoms with Crippen LogP contribution in [0, 0.1) is 0 Å². The van der Waals surface area contributed by atoms with Crippen LogP contribution in [0.15, 0.2) is 12.2 Å². The molecule has 0 amide bonds. The number of methoxy groups -OCH3 is 1. The van der Waals surface area contributed by atoms with Crippen molar-refractivity contribution in [2.45, 2.75) is 96.5 Å². The molecule has 0 aromatic rings. The highest BCUT2D eigenvalue weighted by molar-refractivity contribution is 5.69. The summed E-state index contributed by atoms with van der Waals surface area (Å²) in [5.41, 5.74) is 0. The Kier molecular flexibility index (Phi) is 18.8. The van der Waals surface area contributed by atoms with Gasteiger partial charge in [0, 0.05) is 13.5 Å². The number of hydrogen-bond donors (Lipinski definition) is 1. The van der Waals surface area contributed by atoms with Crippen molar-refractivity contribution in [3.05, 3.63) is 12.2 Å². The molecule has 148 valence electrons. The van der Waals surface area contributed by atoms with Gasteiger partial charge in [-0.2, -0.15) is 0 Å². The average Bonchev–Trinajstić information content (AvgIpc) is 2.60. The van der Waals surface area contributed by atoms with Gasteiger partial charge in [0.1, 0.15) is 6.61 Å². The van der Waals surface area contributed by atoms with E-state index in [0.717, 1.165) is 38.5 Å². The first-order valence-corrected chi connectivity index (χ1v) is 10.2. The van der Waals surface area contributed by atoms with E-state index in [1.165, 1.54) is 38.5 Å². The fourth-order valence-corrected chi connectivity index (χ4v) is 2.67. The molecular weight excluding hydrogens is 316 g/mol. The number of carbonyl (C=O) groups excluding carboxylic acids is 1. The van der Waals surface area contributed by atoms with Crippen molar-refractivity contribution in [1.82, 2.24) is 0 Å². The minimum atomic E-state index is -0.170. The van der Waals surface area contributed by atoms with Gasteiger partial charge in [-0.1, -0.05) is 64.0 Å². The largest absolute Gasteiger partial charge is 0.463 e. The fourth-order valence-electron chi connectivity index (χ4n) is 2.67. The van der Waals surface area contributed by atoms with Crippen LogP contribution in [0.25, 0.3) is 0 Å². The van der Waals surface area contributed by atoms with Crippen LogP contribution in [-0.2, 0) is 14.3 Å². The summed E-state index contributed by atoms with van der Waals surface area (Å²) >= 11 is 0. The molecule has 0 aliphatic carbocycles. The molecule has 0 aliphatic rings. The van der Waals surface area contributed by atoms with E-state index >= 15 is 0 Å². The van der Waals surface area contributed by atoms with E-state index < -0.39 is 0 Å². The first-order valence-electron chi connectivity index (χ1n) is 10.2. The lowest BCUT2D eigenvalue weighted by Gasteiger charge is -2.07. The number of allylic oxidation sites excluding steroid dienone is 1. The Labute approximate surface area is 155 Å². The van der Waals surface area contributed by atoms with Crippen LogP contribution < -0.4 is 0 Å². The second kappa shape index (κ2) is 19.5. The van der Waals surface area contributed by atoms with Crippen molar-refractivity contribution in [2.24, 2.45) is 0 Å². The Morgan fingerprint density at radius 1 is 0.960 bits per heavy atom. The van der Waals surface area contributed by atoms with E-state index in [2.05, 4.69) is 19.1 Å². The van der Waals surface area contributed by atoms with Crippen LogP contribution in [0.5, 0.6) is 0 Å². The highest BCUT2D eigenvalue weighted by Crippen LogP contribution is 2.10. The number of carbonyl (C=O) groups is 1. The van der Waals surface area contributed by atoms with Gasteiger partial charge in [0.15, 0.2) is 0 Å². The monoisotopic (exact) mass is 356 g/mol. The van der Waals surface area contributed by atoms with Crippen LogP contribution in [0.1, 0.15) is 90.4 Å². The van der Waals surface area contributed by atoms with E-state index in [9.17, 15) is 9.90 Å². The molecule has 0 unspecified atom stereocenters. The summed E-state index contributed by atoms with van der Waals surface area (Å²) in [6, 6.07) is 0. The molecule has 0 saturated heterocycles. The van der Waals surface area contributed by atoms with Gasteiger partial charge < -0.3 is 14.6 Å². The Balaban J connectivity index is 3.30. The first-order chi connectivity index (χ1) is 12.2. The van der Waals surface area contributed by atoms with Crippen molar-refractivity contribution < 1.29 is 19.4 Å². The third-order valence-electron chi connectivity index (χ3n) is 4.27. The minimum absolute atomic E-state index is 0.117. The molecule has 4 nitrogen and oxygen atoms in total.